The number of ether oxygens (including phenoxy) is 1. The monoisotopic (exact) mass is 208 g/mol. The summed E-state index contributed by atoms with van der Waals surface area (Å²) < 4.78 is 5.23. The number of aliphatic hydroxyl groups is 1. The molecule has 2 nitrogen and oxygen atoms in total. The molecule has 0 fully saturated rings. The predicted octanol–water partition coefficient (Wildman–Crippen LogP) is 2.57. The molecule has 13 heavy (non-hydrogen) atoms. The van der Waals surface area contributed by atoms with Gasteiger partial charge < -0.3 is 9.84 Å². The van der Waals surface area contributed by atoms with Crippen LogP contribution in [0.15, 0.2) is 0 Å². The highest BCUT2D eigenvalue weighted by molar-refractivity contribution is 6.18. The van der Waals surface area contributed by atoms with Gasteiger partial charge in [0.15, 0.2) is 0 Å². The minimum absolute atomic E-state index is 0.260. The molecule has 0 aliphatic heterocycles. The number of halogens is 1. The molecule has 0 saturated heterocycles. The lowest BCUT2D eigenvalue weighted by molar-refractivity contribution is 0.0461. The first-order valence-electron chi connectivity index (χ1n) is 5.13. The van der Waals surface area contributed by atoms with Gasteiger partial charge in [-0.3, -0.25) is 0 Å². The van der Waals surface area contributed by atoms with Crippen LogP contribution >= 0.6 is 11.6 Å². The largest absolute Gasteiger partial charge is 0.389 e. The van der Waals surface area contributed by atoms with Crippen molar-refractivity contribution in [2.45, 2.75) is 45.1 Å². The Morgan fingerprint density at radius 3 is 2.54 bits per heavy atom. The maximum absolute atomic E-state index is 9.04. The van der Waals surface area contributed by atoms with Gasteiger partial charge >= 0.3 is 0 Å². The van der Waals surface area contributed by atoms with E-state index in [2.05, 4.69) is 6.92 Å². The number of unbranched alkanes of at least 4 members (excludes halogenated alkanes) is 4. The van der Waals surface area contributed by atoms with Crippen molar-refractivity contribution in [1.82, 2.24) is 0 Å². The molecule has 0 heterocycles. The van der Waals surface area contributed by atoms with E-state index in [0.29, 0.717) is 6.61 Å². The highest BCUT2D eigenvalue weighted by Crippen LogP contribution is 2.02. The van der Waals surface area contributed by atoms with Crippen molar-refractivity contribution in [3.63, 3.8) is 0 Å². The Morgan fingerprint density at radius 1 is 1.23 bits per heavy atom. The second-order valence-corrected chi connectivity index (χ2v) is 3.61. The van der Waals surface area contributed by atoms with Crippen LogP contribution in [0.25, 0.3) is 0 Å². The molecular formula is C10H21ClO2. The first-order chi connectivity index (χ1) is 6.31. The predicted molar refractivity (Wildman–Crippen MR) is 56.3 cm³/mol. The van der Waals surface area contributed by atoms with Crippen LogP contribution in [-0.4, -0.2) is 30.3 Å². The fourth-order valence-electron chi connectivity index (χ4n) is 1.07. The maximum atomic E-state index is 9.04. The van der Waals surface area contributed by atoms with Crippen molar-refractivity contribution >= 4 is 11.6 Å². The molecule has 0 radical (unpaired) electrons. The van der Waals surface area contributed by atoms with Gasteiger partial charge in [0.1, 0.15) is 0 Å². The second-order valence-electron chi connectivity index (χ2n) is 3.30. The number of rotatable bonds is 9. The van der Waals surface area contributed by atoms with Gasteiger partial charge in [0, 0.05) is 6.61 Å². The molecule has 80 valence electrons. The summed E-state index contributed by atoms with van der Waals surface area (Å²) >= 11 is 5.40. The zero-order valence-electron chi connectivity index (χ0n) is 8.47. The molecule has 0 amide bonds. The molecular weight excluding hydrogens is 188 g/mol. The highest BCUT2D eigenvalue weighted by atomic mass is 35.5. The number of aliphatic hydroxyl groups excluding tert-OH is 1. The lowest BCUT2D eigenvalue weighted by Crippen LogP contribution is -2.17. The Balaban J connectivity index is 2.91. The summed E-state index contributed by atoms with van der Waals surface area (Å²) in [6.07, 6.45) is 5.69. The summed E-state index contributed by atoms with van der Waals surface area (Å²) in [6, 6.07) is 0. The Bertz CT molecular complexity index is 98.9. The van der Waals surface area contributed by atoms with E-state index < -0.39 is 6.10 Å². The third-order valence-electron chi connectivity index (χ3n) is 1.88. The van der Waals surface area contributed by atoms with Gasteiger partial charge in [0.25, 0.3) is 0 Å². The quantitative estimate of drug-likeness (QED) is 0.466. The van der Waals surface area contributed by atoms with E-state index in [1.54, 1.807) is 0 Å². The minimum Gasteiger partial charge on any atom is -0.389 e. The third-order valence-corrected chi connectivity index (χ3v) is 2.24. The van der Waals surface area contributed by atoms with Crippen molar-refractivity contribution in [1.29, 1.82) is 0 Å². The SMILES string of the molecule is CCCCCCCOC[C@H](O)CCl. The Kier molecular flexibility index (Phi) is 10.5. The first-order valence-corrected chi connectivity index (χ1v) is 5.66. The van der Waals surface area contributed by atoms with E-state index in [9.17, 15) is 0 Å². The van der Waals surface area contributed by atoms with Crippen molar-refractivity contribution in [3.8, 4) is 0 Å². The highest BCUT2D eigenvalue weighted by Gasteiger charge is 2.00. The number of hydrogen-bond donors (Lipinski definition) is 1. The van der Waals surface area contributed by atoms with Gasteiger partial charge in [-0.15, -0.1) is 11.6 Å². The van der Waals surface area contributed by atoms with Crippen molar-refractivity contribution in [2.75, 3.05) is 19.1 Å². The van der Waals surface area contributed by atoms with Crippen LogP contribution in [0.1, 0.15) is 39.0 Å². The molecule has 0 unspecified atom stereocenters. The summed E-state index contributed by atoms with van der Waals surface area (Å²) in [5.41, 5.74) is 0. The molecule has 0 rings (SSSR count). The average Bonchev–Trinajstić information content (AvgIpc) is 2.16. The lowest BCUT2D eigenvalue weighted by atomic mass is 10.2. The Morgan fingerprint density at radius 2 is 1.92 bits per heavy atom. The third kappa shape index (κ3) is 10.1. The van der Waals surface area contributed by atoms with Gasteiger partial charge in [-0.1, -0.05) is 32.6 Å². The zero-order chi connectivity index (χ0) is 9.94. The Labute approximate surface area is 86.2 Å². The molecule has 0 saturated carbocycles. The molecule has 0 aromatic carbocycles. The van der Waals surface area contributed by atoms with Crippen LogP contribution in [0.4, 0.5) is 0 Å². The topological polar surface area (TPSA) is 29.5 Å². The summed E-state index contributed by atoms with van der Waals surface area (Å²) in [5.74, 6) is 0.260. The van der Waals surface area contributed by atoms with E-state index in [4.69, 9.17) is 21.4 Å². The molecule has 1 atom stereocenters. The van der Waals surface area contributed by atoms with E-state index in [0.717, 1.165) is 13.0 Å². The zero-order valence-corrected chi connectivity index (χ0v) is 9.22. The molecule has 0 spiro atoms. The van der Waals surface area contributed by atoms with Gasteiger partial charge in [0.2, 0.25) is 0 Å². The van der Waals surface area contributed by atoms with Crippen LogP contribution in [0.5, 0.6) is 0 Å². The van der Waals surface area contributed by atoms with Gasteiger partial charge in [-0.25, -0.2) is 0 Å². The normalized spacial score (nSPS) is 13.2. The van der Waals surface area contributed by atoms with Crippen LogP contribution in [0.3, 0.4) is 0 Å². The summed E-state index contributed by atoms with van der Waals surface area (Å²) in [4.78, 5) is 0. The van der Waals surface area contributed by atoms with Crippen molar-refractivity contribution in [3.05, 3.63) is 0 Å². The summed E-state index contributed by atoms with van der Waals surface area (Å²) in [7, 11) is 0. The van der Waals surface area contributed by atoms with Crippen LogP contribution in [0, 0.1) is 0 Å². The fraction of sp³-hybridized carbons (Fsp3) is 1.00. The molecule has 0 aliphatic rings. The van der Waals surface area contributed by atoms with E-state index in [1.165, 1.54) is 25.7 Å². The molecule has 0 aliphatic carbocycles. The second kappa shape index (κ2) is 10.3. The molecule has 1 N–H and O–H groups in total. The molecule has 3 heteroatoms. The number of hydrogen-bond acceptors (Lipinski definition) is 2. The molecule has 0 aromatic heterocycles. The Hall–Kier alpha value is 0.210. The van der Waals surface area contributed by atoms with E-state index in [-0.39, 0.29) is 5.88 Å². The summed E-state index contributed by atoms with van der Waals surface area (Å²) in [5, 5.41) is 9.04. The van der Waals surface area contributed by atoms with Gasteiger partial charge in [-0.2, -0.15) is 0 Å². The minimum atomic E-state index is -0.502. The standard InChI is InChI=1S/C10H21ClO2/c1-2-3-4-5-6-7-13-9-10(12)8-11/h10,12H,2-9H2,1H3/t10-/m1/s1. The lowest BCUT2D eigenvalue weighted by Gasteiger charge is -2.07. The van der Waals surface area contributed by atoms with Crippen LogP contribution < -0.4 is 0 Å². The molecule has 0 bridgehead atoms. The smallest absolute Gasteiger partial charge is 0.0908 e. The van der Waals surface area contributed by atoms with E-state index >= 15 is 0 Å². The van der Waals surface area contributed by atoms with E-state index in [1.807, 2.05) is 0 Å². The van der Waals surface area contributed by atoms with Crippen LogP contribution in [0.2, 0.25) is 0 Å². The summed E-state index contributed by atoms with van der Waals surface area (Å²) in [6.45, 7) is 3.32. The van der Waals surface area contributed by atoms with Gasteiger partial charge in [-0.05, 0) is 6.42 Å². The van der Waals surface area contributed by atoms with Crippen molar-refractivity contribution < 1.29 is 9.84 Å². The van der Waals surface area contributed by atoms with Crippen LogP contribution in [-0.2, 0) is 4.74 Å². The fourth-order valence-corrected chi connectivity index (χ4v) is 1.16. The number of alkyl halides is 1. The van der Waals surface area contributed by atoms with Crippen molar-refractivity contribution in [2.24, 2.45) is 0 Å². The maximum Gasteiger partial charge on any atom is 0.0908 e. The molecule has 0 aromatic rings. The van der Waals surface area contributed by atoms with Gasteiger partial charge in [0.05, 0.1) is 18.6 Å². The first kappa shape index (κ1) is 13.2. The average molecular weight is 209 g/mol.